The Balaban J connectivity index is 1.84. The van der Waals surface area contributed by atoms with Crippen LogP contribution >= 0.6 is 0 Å². The molecule has 2 N–H and O–H groups in total. The van der Waals surface area contributed by atoms with Crippen molar-refractivity contribution >= 4 is 27.6 Å². The predicted octanol–water partition coefficient (Wildman–Crippen LogP) is 1.43. The molecule has 11 heteroatoms. The first-order valence-corrected chi connectivity index (χ1v) is 9.24. The molecule has 0 heterocycles. The summed E-state index contributed by atoms with van der Waals surface area (Å²) in [6.45, 7) is -1.59. The van der Waals surface area contributed by atoms with Crippen molar-refractivity contribution < 1.29 is 36.3 Å². The second kappa shape index (κ2) is 9.24. The maximum absolute atomic E-state index is 13.5. The van der Waals surface area contributed by atoms with E-state index in [0.29, 0.717) is 11.4 Å². The third-order valence-corrected chi connectivity index (χ3v) is 4.78. The van der Waals surface area contributed by atoms with Gasteiger partial charge in [-0.1, -0.05) is 6.07 Å². The Labute approximate surface area is 159 Å². The number of ether oxygens (including phenoxy) is 2. The molecular weight excluding hydrogens is 398 g/mol. The SMILES string of the molecule is COc1ccc(NC(=O)COC(=O)CNS(=O)(=O)c2c(F)cccc2F)cc1. The summed E-state index contributed by atoms with van der Waals surface area (Å²) in [4.78, 5) is 22.1. The van der Waals surface area contributed by atoms with Gasteiger partial charge >= 0.3 is 5.97 Å². The smallest absolute Gasteiger partial charge is 0.321 e. The Morgan fingerprint density at radius 1 is 1.04 bits per heavy atom. The third-order valence-electron chi connectivity index (χ3n) is 3.33. The van der Waals surface area contributed by atoms with Crippen LogP contribution in [0.4, 0.5) is 14.5 Å². The van der Waals surface area contributed by atoms with E-state index in [0.717, 1.165) is 18.2 Å². The maximum atomic E-state index is 13.5. The highest BCUT2D eigenvalue weighted by Crippen LogP contribution is 2.18. The summed E-state index contributed by atoms with van der Waals surface area (Å²) in [5, 5.41) is 2.45. The predicted molar refractivity (Wildman–Crippen MR) is 94.1 cm³/mol. The van der Waals surface area contributed by atoms with E-state index in [1.54, 1.807) is 29.0 Å². The monoisotopic (exact) mass is 414 g/mol. The lowest BCUT2D eigenvalue weighted by molar-refractivity contribution is -0.146. The standard InChI is InChI=1S/C17H16F2N2O6S/c1-26-12-7-5-11(6-8-12)21-15(22)10-27-16(23)9-20-28(24,25)17-13(18)3-2-4-14(17)19/h2-8,20H,9-10H2,1H3,(H,21,22). The van der Waals surface area contributed by atoms with Crippen molar-refractivity contribution in [2.24, 2.45) is 0 Å². The number of halogens is 2. The Bertz CT molecular complexity index is 944. The fourth-order valence-electron chi connectivity index (χ4n) is 2.03. The van der Waals surface area contributed by atoms with Crippen molar-refractivity contribution in [3.05, 3.63) is 54.1 Å². The second-order valence-electron chi connectivity index (χ2n) is 5.31. The fourth-order valence-corrected chi connectivity index (χ4v) is 3.14. The van der Waals surface area contributed by atoms with Gasteiger partial charge in [-0.05, 0) is 36.4 Å². The molecule has 0 aliphatic rings. The summed E-state index contributed by atoms with van der Waals surface area (Å²) in [6, 6.07) is 8.88. The minimum Gasteiger partial charge on any atom is -0.497 e. The van der Waals surface area contributed by atoms with Gasteiger partial charge < -0.3 is 14.8 Å². The zero-order chi connectivity index (χ0) is 20.7. The van der Waals surface area contributed by atoms with Crippen molar-refractivity contribution in [2.45, 2.75) is 4.90 Å². The van der Waals surface area contributed by atoms with Gasteiger partial charge in [0.1, 0.15) is 23.9 Å². The van der Waals surface area contributed by atoms with Gasteiger partial charge in [0.15, 0.2) is 11.5 Å². The Morgan fingerprint density at radius 3 is 2.21 bits per heavy atom. The van der Waals surface area contributed by atoms with Crippen LogP contribution in [0.3, 0.4) is 0 Å². The van der Waals surface area contributed by atoms with Gasteiger partial charge in [-0.2, -0.15) is 4.72 Å². The molecule has 0 spiro atoms. The zero-order valence-corrected chi connectivity index (χ0v) is 15.4. The largest absolute Gasteiger partial charge is 0.497 e. The van der Waals surface area contributed by atoms with Gasteiger partial charge in [-0.15, -0.1) is 0 Å². The number of rotatable bonds is 8. The van der Waals surface area contributed by atoms with Crippen LogP contribution in [0.15, 0.2) is 47.4 Å². The normalized spacial score (nSPS) is 11.0. The van der Waals surface area contributed by atoms with Crippen LogP contribution in [0.1, 0.15) is 0 Å². The summed E-state index contributed by atoms with van der Waals surface area (Å²) in [6.07, 6.45) is 0. The van der Waals surface area contributed by atoms with E-state index >= 15 is 0 Å². The van der Waals surface area contributed by atoms with Gasteiger partial charge in [0.05, 0.1) is 7.11 Å². The molecule has 0 fully saturated rings. The van der Waals surface area contributed by atoms with Gasteiger partial charge in [0, 0.05) is 5.69 Å². The minimum absolute atomic E-state index is 0.428. The van der Waals surface area contributed by atoms with Gasteiger partial charge in [0.2, 0.25) is 10.0 Å². The fraction of sp³-hybridized carbons (Fsp3) is 0.176. The van der Waals surface area contributed by atoms with Crippen LogP contribution in [0.25, 0.3) is 0 Å². The lowest BCUT2D eigenvalue weighted by atomic mass is 10.3. The number of carbonyl (C=O) groups is 2. The van der Waals surface area contributed by atoms with Gasteiger partial charge in [-0.25, -0.2) is 17.2 Å². The summed E-state index contributed by atoms with van der Waals surface area (Å²) in [5.41, 5.74) is 0.428. The third kappa shape index (κ3) is 5.72. The van der Waals surface area contributed by atoms with E-state index < -0.39 is 51.6 Å². The minimum atomic E-state index is -4.62. The Morgan fingerprint density at radius 2 is 1.64 bits per heavy atom. The summed E-state index contributed by atoms with van der Waals surface area (Å²) >= 11 is 0. The highest BCUT2D eigenvalue weighted by Gasteiger charge is 2.24. The Hall–Kier alpha value is -3.05. The van der Waals surface area contributed by atoms with E-state index in [9.17, 15) is 26.8 Å². The van der Waals surface area contributed by atoms with E-state index in [1.807, 2.05) is 0 Å². The molecule has 2 rings (SSSR count). The molecule has 0 aromatic heterocycles. The van der Waals surface area contributed by atoms with Crippen LogP contribution in [-0.4, -0.2) is 40.6 Å². The number of benzene rings is 2. The first kappa shape index (κ1) is 21.3. The van der Waals surface area contributed by atoms with Gasteiger partial charge in [-0.3, -0.25) is 9.59 Å². The highest BCUT2D eigenvalue weighted by atomic mass is 32.2. The molecule has 0 saturated heterocycles. The van der Waals surface area contributed by atoms with Crippen LogP contribution in [0, 0.1) is 11.6 Å². The summed E-state index contributed by atoms with van der Waals surface area (Å²) in [7, 11) is -3.14. The molecule has 0 aliphatic carbocycles. The molecule has 1 amide bonds. The summed E-state index contributed by atoms with van der Waals surface area (Å²) < 4.78 is 62.2. The first-order valence-electron chi connectivity index (χ1n) is 7.76. The first-order chi connectivity index (χ1) is 13.2. The average Bonchev–Trinajstić information content (AvgIpc) is 2.65. The molecule has 0 aliphatic heterocycles. The lowest BCUT2D eigenvalue weighted by Gasteiger charge is -2.09. The molecular formula is C17H16F2N2O6S. The zero-order valence-electron chi connectivity index (χ0n) is 14.6. The van der Waals surface area contributed by atoms with Crippen molar-refractivity contribution in [3.63, 3.8) is 0 Å². The number of esters is 1. The molecule has 2 aromatic rings. The molecule has 8 nitrogen and oxygen atoms in total. The second-order valence-corrected chi connectivity index (χ2v) is 7.02. The van der Waals surface area contributed by atoms with E-state index in [1.165, 1.54) is 7.11 Å². The molecule has 2 aromatic carbocycles. The number of hydrogen-bond acceptors (Lipinski definition) is 6. The molecule has 150 valence electrons. The number of anilines is 1. The quantitative estimate of drug-likeness (QED) is 0.633. The topological polar surface area (TPSA) is 111 Å². The maximum Gasteiger partial charge on any atom is 0.321 e. The number of carbonyl (C=O) groups excluding carboxylic acids is 2. The number of sulfonamides is 1. The number of amides is 1. The summed E-state index contributed by atoms with van der Waals surface area (Å²) in [5.74, 6) is -3.80. The molecule has 0 bridgehead atoms. The van der Waals surface area contributed by atoms with Gasteiger partial charge in [0.25, 0.3) is 5.91 Å². The number of nitrogens with one attached hydrogen (secondary N) is 2. The van der Waals surface area contributed by atoms with Crippen molar-refractivity contribution in [1.82, 2.24) is 4.72 Å². The van der Waals surface area contributed by atoms with Crippen molar-refractivity contribution in [2.75, 3.05) is 25.6 Å². The number of hydrogen-bond donors (Lipinski definition) is 2. The van der Waals surface area contributed by atoms with Crippen LogP contribution in [0.5, 0.6) is 5.75 Å². The molecule has 0 unspecified atom stereocenters. The van der Waals surface area contributed by atoms with Crippen molar-refractivity contribution in [3.8, 4) is 5.75 Å². The van der Waals surface area contributed by atoms with E-state index in [-0.39, 0.29) is 0 Å². The van der Waals surface area contributed by atoms with E-state index in [4.69, 9.17) is 4.74 Å². The highest BCUT2D eigenvalue weighted by molar-refractivity contribution is 7.89. The van der Waals surface area contributed by atoms with Crippen LogP contribution in [0.2, 0.25) is 0 Å². The molecule has 0 radical (unpaired) electrons. The molecule has 0 saturated carbocycles. The molecule has 28 heavy (non-hydrogen) atoms. The van der Waals surface area contributed by atoms with E-state index in [2.05, 4.69) is 10.1 Å². The van der Waals surface area contributed by atoms with Crippen LogP contribution < -0.4 is 14.8 Å². The molecule has 0 atom stereocenters. The average molecular weight is 414 g/mol. The number of methoxy groups -OCH3 is 1. The van der Waals surface area contributed by atoms with Crippen LogP contribution in [-0.2, 0) is 24.3 Å². The Kier molecular flexibility index (Phi) is 7.01. The lowest BCUT2D eigenvalue weighted by Crippen LogP contribution is -2.33. The van der Waals surface area contributed by atoms with Crippen molar-refractivity contribution in [1.29, 1.82) is 0 Å².